The number of halogens is 1. The molecule has 156 valence electrons. The molecule has 8 heteroatoms. The maximum absolute atomic E-state index is 13.3. The molecule has 1 heterocycles. The molecule has 0 fully saturated rings. The quantitative estimate of drug-likeness (QED) is 0.252. The Hall–Kier alpha value is -3.23. The van der Waals surface area contributed by atoms with Crippen LogP contribution in [-0.2, 0) is 0 Å². The summed E-state index contributed by atoms with van der Waals surface area (Å²) in [6, 6.07) is 20.2. The molecule has 0 aliphatic heterocycles. The maximum atomic E-state index is 13.3. The van der Waals surface area contributed by atoms with Gasteiger partial charge in [0.15, 0.2) is 0 Å². The zero-order valence-electron chi connectivity index (χ0n) is 16.8. The van der Waals surface area contributed by atoms with Crippen molar-refractivity contribution >= 4 is 54.7 Å². The lowest BCUT2D eigenvalue weighted by molar-refractivity contribution is 0.0988. The summed E-state index contributed by atoms with van der Waals surface area (Å²) in [4.78, 5) is 17.9. The molecule has 31 heavy (non-hydrogen) atoms. The molecule has 1 amide bonds. The summed E-state index contributed by atoms with van der Waals surface area (Å²) in [7, 11) is 3.20. The number of hydrazone groups is 1. The maximum Gasteiger partial charge on any atom is 0.280 e. The molecule has 0 aliphatic carbocycles. The molecule has 0 unspecified atom stereocenters. The minimum atomic E-state index is -0.290. The molecule has 0 saturated carbocycles. The number of benzene rings is 3. The number of amides is 1. The van der Waals surface area contributed by atoms with Gasteiger partial charge in [0.05, 0.1) is 30.7 Å². The van der Waals surface area contributed by atoms with E-state index in [-0.39, 0.29) is 5.91 Å². The van der Waals surface area contributed by atoms with E-state index < -0.39 is 0 Å². The van der Waals surface area contributed by atoms with E-state index >= 15 is 0 Å². The lowest BCUT2D eigenvalue weighted by Gasteiger charge is -2.14. The average Bonchev–Trinajstić information content (AvgIpc) is 3.23. The standard InChI is InChI=1S/C23H18BrN3O3S/c1-29-18-9-5-16(6-10-18)22(28)27(25-14-15-3-7-17(24)8-4-15)23-26-20-12-11-19(30-2)13-21(20)31-23/h3-14H,1-2H3/b25-14+. The van der Waals surface area contributed by atoms with Crippen molar-refractivity contribution in [2.24, 2.45) is 5.10 Å². The molecule has 0 N–H and O–H groups in total. The fraction of sp³-hybridized carbons (Fsp3) is 0.0870. The number of hydrogen-bond donors (Lipinski definition) is 0. The number of thiazole rings is 1. The first-order valence-corrected chi connectivity index (χ1v) is 10.9. The highest BCUT2D eigenvalue weighted by atomic mass is 79.9. The predicted octanol–water partition coefficient (Wildman–Crippen LogP) is 5.76. The van der Waals surface area contributed by atoms with Crippen molar-refractivity contribution in [1.82, 2.24) is 4.98 Å². The van der Waals surface area contributed by atoms with E-state index in [1.54, 1.807) is 44.7 Å². The summed E-state index contributed by atoms with van der Waals surface area (Å²) in [6.07, 6.45) is 1.64. The number of aromatic nitrogens is 1. The first kappa shape index (κ1) is 21.0. The second-order valence-electron chi connectivity index (χ2n) is 6.47. The lowest BCUT2D eigenvalue weighted by atomic mass is 10.2. The number of ether oxygens (including phenoxy) is 2. The predicted molar refractivity (Wildman–Crippen MR) is 128 cm³/mol. The van der Waals surface area contributed by atoms with Gasteiger partial charge in [0.1, 0.15) is 11.5 Å². The Bertz CT molecular complexity index is 1240. The van der Waals surface area contributed by atoms with Crippen LogP contribution in [0.25, 0.3) is 10.2 Å². The molecule has 0 saturated heterocycles. The SMILES string of the molecule is COc1ccc(C(=O)N(/N=C/c2ccc(Br)cc2)c2nc3ccc(OC)cc3s2)cc1. The zero-order chi connectivity index (χ0) is 21.8. The Labute approximate surface area is 191 Å². The van der Waals surface area contributed by atoms with Crippen LogP contribution in [0.15, 0.2) is 76.3 Å². The number of carbonyl (C=O) groups excluding carboxylic acids is 1. The van der Waals surface area contributed by atoms with Gasteiger partial charge in [-0.2, -0.15) is 10.1 Å². The molecule has 4 rings (SSSR count). The van der Waals surface area contributed by atoms with E-state index in [1.807, 2.05) is 42.5 Å². The first-order valence-electron chi connectivity index (χ1n) is 9.30. The molecule has 3 aromatic carbocycles. The van der Waals surface area contributed by atoms with E-state index in [0.29, 0.717) is 16.4 Å². The van der Waals surface area contributed by atoms with Gasteiger partial charge in [-0.25, -0.2) is 4.98 Å². The summed E-state index contributed by atoms with van der Waals surface area (Å²) < 4.78 is 12.4. The number of rotatable bonds is 6. The third kappa shape index (κ3) is 4.76. The summed E-state index contributed by atoms with van der Waals surface area (Å²) in [5.41, 5.74) is 2.11. The third-order valence-corrected chi connectivity index (χ3v) is 6.01. The van der Waals surface area contributed by atoms with Crippen LogP contribution in [0, 0.1) is 0 Å². The van der Waals surface area contributed by atoms with Crippen LogP contribution in [-0.4, -0.2) is 31.3 Å². The topological polar surface area (TPSA) is 64.0 Å². The number of fused-ring (bicyclic) bond motifs is 1. The molecule has 6 nitrogen and oxygen atoms in total. The van der Waals surface area contributed by atoms with E-state index in [2.05, 4.69) is 26.0 Å². The largest absolute Gasteiger partial charge is 0.497 e. The van der Waals surface area contributed by atoms with Crippen molar-refractivity contribution in [2.45, 2.75) is 0 Å². The van der Waals surface area contributed by atoms with Crippen molar-refractivity contribution in [3.63, 3.8) is 0 Å². The molecule has 0 aliphatic rings. The van der Waals surface area contributed by atoms with Crippen LogP contribution < -0.4 is 14.5 Å². The smallest absolute Gasteiger partial charge is 0.280 e. The first-order chi connectivity index (χ1) is 15.1. The minimum absolute atomic E-state index is 0.290. The second kappa shape index (κ2) is 9.28. The van der Waals surface area contributed by atoms with Gasteiger partial charge in [0.25, 0.3) is 5.91 Å². The molecule has 0 radical (unpaired) electrons. The van der Waals surface area contributed by atoms with E-state index in [4.69, 9.17) is 9.47 Å². The van der Waals surface area contributed by atoms with Crippen LogP contribution >= 0.6 is 27.3 Å². The van der Waals surface area contributed by atoms with Gasteiger partial charge in [-0.05, 0) is 60.2 Å². The fourth-order valence-electron chi connectivity index (χ4n) is 2.83. The zero-order valence-corrected chi connectivity index (χ0v) is 19.2. The molecule has 0 spiro atoms. The van der Waals surface area contributed by atoms with Gasteiger partial charge in [0, 0.05) is 10.0 Å². The van der Waals surface area contributed by atoms with Crippen LogP contribution in [0.4, 0.5) is 5.13 Å². The Morgan fingerprint density at radius 3 is 2.35 bits per heavy atom. The van der Waals surface area contributed by atoms with Crippen molar-refractivity contribution in [1.29, 1.82) is 0 Å². The highest BCUT2D eigenvalue weighted by Crippen LogP contribution is 2.32. The van der Waals surface area contributed by atoms with Crippen LogP contribution in [0.3, 0.4) is 0 Å². The number of anilines is 1. The number of methoxy groups -OCH3 is 2. The summed E-state index contributed by atoms with van der Waals surface area (Å²) in [5.74, 6) is 1.12. The van der Waals surface area contributed by atoms with Gasteiger partial charge >= 0.3 is 0 Å². The highest BCUT2D eigenvalue weighted by Gasteiger charge is 2.21. The van der Waals surface area contributed by atoms with Gasteiger partial charge in [-0.15, -0.1) is 0 Å². The monoisotopic (exact) mass is 495 g/mol. The van der Waals surface area contributed by atoms with Crippen LogP contribution in [0.5, 0.6) is 11.5 Å². The molecular weight excluding hydrogens is 478 g/mol. The fourth-order valence-corrected chi connectivity index (χ4v) is 4.04. The Kier molecular flexibility index (Phi) is 6.29. The van der Waals surface area contributed by atoms with Crippen molar-refractivity contribution < 1.29 is 14.3 Å². The Morgan fingerprint density at radius 1 is 1.00 bits per heavy atom. The molecule has 0 bridgehead atoms. The Balaban J connectivity index is 1.74. The molecule has 1 aromatic heterocycles. The van der Waals surface area contributed by atoms with Gasteiger partial charge in [0.2, 0.25) is 5.13 Å². The van der Waals surface area contributed by atoms with E-state index in [1.165, 1.54) is 16.3 Å². The molecule has 0 atom stereocenters. The normalized spacial score (nSPS) is 11.1. The number of nitrogens with zero attached hydrogens (tertiary/aromatic N) is 3. The van der Waals surface area contributed by atoms with E-state index in [0.717, 1.165) is 26.0 Å². The van der Waals surface area contributed by atoms with Crippen LogP contribution in [0.2, 0.25) is 0 Å². The molecule has 4 aromatic rings. The summed E-state index contributed by atoms with van der Waals surface area (Å²) in [5, 5.41) is 6.27. The van der Waals surface area contributed by atoms with Crippen molar-refractivity contribution in [3.05, 3.63) is 82.3 Å². The summed E-state index contributed by atoms with van der Waals surface area (Å²) >= 11 is 4.79. The van der Waals surface area contributed by atoms with Gasteiger partial charge in [-0.1, -0.05) is 39.4 Å². The van der Waals surface area contributed by atoms with Crippen molar-refractivity contribution in [2.75, 3.05) is 19.2 Å². The average molecular weight is 496 g/mol. The van der Waals surface area contributed by atoms with Gasteiger partial charge < -0.3 is 9.47 Å². The second-order valence-corrected chi connectivity index (χ2v) is 8.40. The van der Waals surface area contributed by atoms with E-state index in [9.17, 15) is 4.79 Å². The van der Waals surface area contributed by atoms with Crippen LogP contribution in [0.1, 0.15) is 15.9 Å². The number of hydrogen-bond acceptors (Lipinski definition) is 6. The summed E-state index contributed by atoms with van der Waals surface area (Å²) in [6.45, 7) is 0. The minimum Gasteiger partial charge on any atom is -0.497 e. The lowest BCUT2D eigenvalue weighted by Crippen LogP contribution is -2.25. The molecular formula is C23H18BrN3O3S. The van der Waals surface area contributed by atoms with Crippen molar-refractivity contribution in [3.8, 4) is 11.5 Å². The number of carbonyl (C=O) groups is 1. The highest BCUT2D eigenvalue weighted by molar-refractivity contribution is 9.10. The Morgan fingerprint density at radius 2 is 1.68 bits per heavy atom. The third-order valence-electron chi connectivity index (χ3n) is 4.49. The van der Waals surface area contributed by atoms with Gasteiger partial charge in [-0.3, -0.25) is 4.79 Å².